The standard InChI is InChI=1S/C18H23NO/c1-12(2)5-6-13-7-8-16-15(9-13)14(11-19-16)10-17-18(3,4)20-17/h5,7-9,11,17,19H,6,10H2,1-4H3/t17-/m1/s1. The fraction of sp³-hybridized carbons (Fsp3) is 0.444. The molecule has 1 atom stereocenters. The van der Waals surface area contributed by atoms with Crippen LogP contribution in [0.4, 0.5) is 0 Å². The highest BCUT2D eigenvalue weighted by molar-refractivity contribution is 5.84. The number of aromatic amines is 1. The van der Waals surface area contributed by atoms with Crippen LogP contribution < -0.4 is 0 Å². The number of allylic oxidation sites excluding steroid dienone is 2. The lowest BCUT2D eigenvalue weighted by atomic mass is 10.0. The van der Waals surface area contributed by atoms with Crippen molar-refractivity contribution in [2.75, 3.05) is 0 Å². The second kappa shape index (κ2) is 4.78. The van der Waals surface area contributed by atoms with E-state index in [1.807, 2.05) is 0 Å². The van der Waals surface area contributed by atoms with Gasteiger partial charge in [-0.15, -0.1) is 0 Å². The van der Waals surface area contributed by atoms with Gasteiger partial charge in [0, 0.05) is 23.5 Å². The van der Waals surface area contributed by atoms with Gasteiger partial charge in [-0.05, 0) is 57.4 Å². The third kappa shape index (κ3) is 2.66. The summed E-state index contributed by atoms with van der Waals surface area (Å²) in [6, 6.07) is 6.71. The van der Waals surface area contributed by atoms with Gasteiger partial charge in [0.1, 0.15) is 0 Å². The van der Waals surface area contributed by atoms with Gasteiger partial charge in [-0.1, -0.05) is 17.7 Å². The Labute approximate surface area is 120 Å². The number of H-pyrrole nitrogens is 1. The Morgan fingerprint density at radius 3 is 2.75 bits per heavy atom. The molecule has 0 aliphatic carbocycles. The quantitative estimate of drug-likeness (QED) is 0.647. The Hall–Kier alpha value is -1.54. The highest BCUT2D eigenvalue weighted by Crippen LogP contribution is 2.38. The lowest BCUT2D eigenvalue weighted by Gasteiger charge is -2.01. The van der Waals surface area contributed by atoms with E-state index in [-0.39, 0.29) is 5.60 Å². The van der Waals surface area contributed by atoms with Crippen molar-refractivity contribution >= 4 is 10.9 Å². The molecule has 2 nitrogen and oxygen atoms in total. The number of aromatic nitrogens is 1. The zero-order valence-electron chi connectivity index (χ0n) is 12.8. The zero-order valence-corrected chi connectivity index (χ0v) is 12.8. The molecule has 1 aromatic carbocycles. The normalized spacial score (nSPS) is 20.1. The molecule has 0 amide bonds. The second-order valence-electron chi connectivity index (χ2n) is 6.59. The Morgan fingerprint density at radius 1 is 1.35 bits per heavy atom. The van der Waals surface area contributed by atoms with Crippen LogP contribution in [0.1, 0.15) is 38.8 Å². The molecule has 3 rings (SSSR count). The third-order valence-corrected chi connectivity index (χ3v) is 4.15. The van der Waals surface area contributed by atoms with Gasteiger partial charge in [-0.2, -0.15) is 0 Å². The van der Waals surface area contributed by atoms with Gasteiger partial charge in [-0.25, -0.2) is 0 Å². The maximum atomic E-state index is 5.71. The summed E-state index contributed by atoms with van der Waals surface area (Å²) in [7, 11) is 0. The van der Waals surface area contributed by atoms with E-state index >= 15 is 0 Å². The van der Waals surface area contributed by atoms with E-state index in [9.17, 15) is 0 Å². The first kappa shape index (κ1) is 13.4. The molecule has 0 radical (unpaired) electrons. The minimum atomic E-state index is 0.0588. The van der Waals surface area contributed by atoms with Crippen LogP contribution >= 0.6 is 0 Å². The molecule has 20 heavy (non-hydrogen) atoms. The predicted octanol–water partition coefficient (Wildman–Crippen LogP) is 4.40. The molecule has 1 aromatic heterocycles. The minimum absolute atomic E-state index is 0.0588. The van der Waals surface area contributed by atoms with E-state index in [1.165, 1.54) is 27.6 Å². The minimum Gasteiger partial charge on any atom is -0.366 e. The van der Waals surface area contributed by atoms with E-state index in [0.717, 1.165) is 12.8 Å². The van der Waals surface area contributed by atoms with Gasteiger partial charge in [0.25, 0.3) is 0 Å². The number of hydrogen-bond donors (Lipinski definition) is 1. The Balaban J connectivity index is 1.86. The van der Waals surface area contributed by atoms with Crippen molar-refractivity contribution in [2.24, 2.45) is 0 Å². The Bertz CT molecular complexity index is 659. The molecule has 0 unspecified atom stereocenters. The molecule has 1 saturated heterocycles. The van der Waals surface area contributed by atoms with Crippen LogP contribution in [0.15, 0.2) is 36.0 Å². The topological polar surface area (TPSA) is 28.3 Å². The average Bonchev–Trinajstić information content (AvgIpc) is 2.81. The number of ether oxygens (including phenoxy) is 1. The highest BCUT2D eigenvalue weighted by Gasteiger charge is 2.47. The van der Waals surface area contributed by atoms with E-state index in [0.29, 0.717) is 6.10 Å². The zero-order chi connectivity index (χ0) is 14.3. The number of epoxide rings is 1. The van der Waals surface area contributed by atoms with Crippen LogP contribution in [0.2, 0.25) is 0 Å². The van der Waals surface area contributed by atoms with E-state index in [4.69, 9.17) is 4.74 Å². The first-order valence-corrected chi connectivity index (χ1v) is 7.36. The van der Waals surface area contributed by atoms with Crippen molar-refractivity contribution < 1.29 is 4.74 Å². The summed E-state index contributed by atoms with van der Waals surface area (Å²) >= 11 is 0. The van der Waals surface area contributed by atoms with E-state index < -0.39 is 0 Å². The summed E-state index contributed by atoms with van der Waals surface area (Å²) in [5.41, 5.74) is 5.39. The first-order chi connectivity index (χ1) is 9.45. The van der Waals surface area contributed by atoms with Crippen molar-refractivity contribution in [2.45, 2.75) is 52.2 Å². The first-order valence-electron chi connectivity index (χ1n) is 7.36. The molecular formula is C18H23NO. The van der Waals surface area contributed by atoms with Crippen molar-refractivity contribution in [1.82, 2.24) is 4.98 Å². The Morgan fingerprint density at radius 2 is 2.10 bits per heavy atom. The molecule has 0 saturated carbocycles. The number of benzene rings is 1. The molecule has 1 fully saturated rings. The number of fused-ring (bicyclic) bond motifs is 1. The maximum absolute atomic E-state index is 5.71. The smallest absolute Gasteiger partial charge is 0.0908 e. The van der Waals surface area contributed by atoms with Crippen LogP contribution in [0, 0.1) is 0 Å². The number of rotatable bonds is 4. The largest absolute Gasteiger partial charge is 0.366 e. The van der Waals surface area contributed by atoms with Gasteiger partial charge in [-0.3, -0.25) is 0 Å². The van der Waals surface area contributed by atoms with Gasteiger partial charge in [0.2, 0.25) is 0 Å². The molecular weight excluding hydrogens is 246 g/mol. The number of nitrogens with one attached hydrogen (secondary N) is 1. The van der Waals surface area contributed by atoms with Crippen LogP contribution in [-0.4, -0.2) is 16.7 Å². The molecule has 2 heterocycles. The van der Waals surface area contributed by atoms with Crippen LogP contribution in [0.5, 0.6) is 0 Å². The molecule has 1 aliphatic rings. The van der Waals surface area contributed by atoms with Crippen LogP contribution in [-0.2, 0) is 17.6 Å². The van der Waals surface area contributed by atoms with Crippen molar-refractivity contribution in [3.8, 4) is 0 Å². The maximum Gasteiger partial charge on any atom is 0.0908 e. The highest BCUT2D eigenvalue weighted by atomic mass is 16.6. The fourth-order valence-corrected chi connectivity index (χ4v) is 2.66. The molecule has 1 N–H and O–H groups in total. The molecule has 1 aliphatic heterocycles. The average molecular weight is 269 g/mol. The van der Waals surface area contributed by atoms with Gasteiger partial charge < -0.3 is 9.72 Å². The SMILES string of the molecule is CC(C)=CCc1ccc2[nH]cc(C[C@H]3OC3(C)C)c2c1. The summed E-state index contributed by atoms with van der Waals surface area (Å²) in [6.45, 7) is 8.61. The van der Waals surface area contributed by atoms with Gasteiger partial charge in [0.05, 0.1) is 11.7 Å². The Kier molecular flexibility index (Phi) is 3.21. The van der Waals surface area contributed by atoms with Crippen molar-refractivity contribution in [3.05, 3.63) is 47.2 Å². The van der Waals surface area contributed by atoms with Gasteiger partial charge >= 0.3 is 0 Å². The van der Waals surface area contributed by atoms with Crippen molar-refractivity contribution in [1.29, 1.82) is 0 Å². The molecule has 0 bridgehead atoms. The molecule has 106 valence electrons. The fourth-order valence-electron chi connectivity index (χ4n) is 2.66. The van der Waals surface area contributed by atoms with E-state index in [2.05, 4.69) is 63.2 Å². The van der Waals surface area contributed by atoms with E-state index in [1.54, 1.807) is 0 Å². The van der Waals surface area contributed by atoms with Crippen LogP contribution in [0.3, 0.4) is 0 Å². The second-order valence-corrected chi connectivity index (χ2v) is 6.59. The monoisotopic (exact) mass is 269 g/mol. The lowest BCUT2D eigenvalue weighted by Crippen LogP contribution is -2.05. The molecule has 2 heteroatoms. The predicted molar refractivity (Wildman–Crippen MR) is 84.1 cm³/mol. The summed E-state index contributed by atoms with van der Waals surface area (Å²) in [4.78, 5) is 3.37. The summed E-state index contributed by atoms with van der Waals surface area (Å²) in [5.74, 6) is 0. The summed E-state index contributed by atoms with van der Waals surface area (Å²) in [6.07, 6.45) is 6.78. The molecule has 0 spiro atoms. The number of hydrogen-bond acceptors (Lipinski definition) is 1. The molecule has 2 aromatic rings. The van der Waals surface area contributed by atoms with Crippen LogP contribution in [0.25, 0.3) is 10.9 Å². The third-order valence-electron chi connectivity index (χ3n) is 4.15. The summed E-state index contributed by atoms with van der Waals surface area (Å²) < 4.78 is 5.71. The summed E-state index contributed by atoms with van der Waals surface area (Å²) in [5, 5.41) is 1.34. The lowest BCUT2D eigenvalue weighted by molar-refractivity contribution is 0.323. The van der Waals surface area contributed by atoms with Gasteiger partial charge in [0.15, 0.2) is 0 Å². The van der Waals surface area contributed by atoms with Crippen molar-refractivity contribution in [3.63, 3.8) is 0 Å².